The first-order chi connectivity index (χ1) is 12.9. The molecule has 8 heteroatoms. The highest BCUT2D eigenvalue weighted by molar-refractivity contribution is 5.98. The van der Waals surface area contributed by atoms with Crippen LogP contribution in [0.3, 0.4) is 0 Å². The Morgan fingerprint density at radius 2 is 2.07 bits per heavy atom. The first-order valence-electron chi connectivity index (χ1n) is 8.92. The third kappa shape index (κ3) is 4.10. The maximum absolute atomic E-state index is 13.9. The van der Waals surface area contributed by atoms with Crippen molar-refractivity contribution >= 4 is 28.7 Å². The molecule has 1 unspecified atom stereocenters. The molecule has 1 aromatic heterocycles. The zero-order valence-corrected chi connectivity index (χ0v) is 15.1. The highest BCUT2D eigenvalue weighted by atomic mass is 19.1. The second-order valence-corrected chi connectivity index (χ2v) is 6.80. The number of halogens is 1. The van der Waals surface area contributed by atoms with Crippen LogP contribution in [-0.2, 0) is 9.59 Å². The summed E-state index contributed by atoms with van der Waals surface area (Å²) in [5.41, 5.74) is 0.887. The van der Waals surface area contributed by atoms with Gasteiger partial charge in [-0.1, -0.05) is 6.07 Å². The van der Waals surface area contributed by atoms with Crippen LogP contribution in [0.1, 0.15) is 36.7 Å². The van der Waals surface area contributed by atoms with Crippen molar-refractivity contribution in [3.63, 3.8) is 0 Å². The van der Waals surface area contributed by atoms with Gasteiger partial charge in [0.05, 0.1) is 0 Å². The molecule has 27 heavy (non-hydrogen) atoms. The summed E-state index contributed by atoms with van der Waals surface area (Å²) < 4.78 is 13.9. The number of carbonyl (C=O) groups is 3. The van der Waals surface area contributed by atoms with Gasteiger partial charge in [-0.25, -0.2) is 4.39 Å². The molecular weight excluding hydrogens is 353 g/mol. The van der Waals surface area contributed by atoms with Crippen LogP contribution in [0.15, 0.2) is 24.3 Å². The van der Waals surface area contributed by atoms with Gasteiger partial charge in [0.1, 0.15) is 18.1 Å². The lowest BCUT2D eigenvalue weighted by Gasteiger charge is -2.28. The van der Waals surface area contributed by atoms with Gasteiger partial charge in [0.25, 0.3) is 5.91 Å². The normalized spacial score (nSPS) is 17.6. The van der Waals surface area contributed by atoms with E-state index in [1.165, 1.54) is 24.0 Å². The van der Waals surface area contributed by atoms with E-state index in [0.717, 1.165) is 0 Å². The zero-order valence-electron chi connectivity index (χ0n) is 15.1. The van der Waals surface area contributed by atoms with Crippen molar-refractivity contribution < 1.29 is 23.9 Å². The number of nitrogens with one attached hydrogen (secondary N) is 1. The van der Waals surface area contributed by atoms with E-state index in [1.807, 2.05) is 0 Å². The number of aromatic nitrogens is 1. The first-order valence-corrected chi connectivity index (χ1v) is 8.92. The molecular formula is C19H22FN3O4. The molecule has 1 aromatic carbocycles. The fourth-order valence-electron chi connectivity index (χ4n) is 3.64. The Morgan fingerprint density at radius 3 is 2.74 bits per heavy atom. The van der Waals surface area contributed by atoms with E-state index in [2.05, 4.69) is 4.98 Å². The molecule has 2 N–H and O–H groups in total. The Morgan fingerprint density at radius 1 is 1.30 bits per heavy atom. The number of carboxylic acids is 1. The molecule has 2 heterocycles. The Labute approximate surface area is 155 Å². The fraction of sp³-hybridized carbons (Fsp3) is 0.421. The smallest absolute Gasteiger partial charge is 0.323 e. The van der Waals surface area contributed by atoms with E-state index in [-0.39, 0.29) is 30.2 Å². The van der Waals surface area contributed by atoms with E-state index in [4.69, 9.17) is 5.11 Å². The van der Waals surface area contributed by atoms with Gasteiger partial charge in [0.15, 0.2) is 0 Å². The Hall–Kier alpha value is -2.90. The first kappa shape index (κ1) is 18.9. The second kappa shape index (κ2) is 7.77. The predicted molar refractivity (Wildman–Crippen MR) is 96.8 cm³/mol. The van der Waals surface area contributed by atoms with Crippen molar-refractivity contribution in [1.82, 2.24) is 14.8 Å². The summed E-state index contributed by atoms with van der Waals surface area (Å²) in [6.45, 7) is 1.93. The van der Waals surface area contributed by atoms with E-state index < -0.39 is 5.97 Å². The van der Waals surface area contributed by atoms with Crippen molar-refractivity contribution in [2.75, 3.05) is 19.6 Å². The molecule has 0 aliphatic carbocycles. The number of nitrogens with zero attached hydrogens (tertiary/aromatic N) is 2. The topological polar surface area (TPSA) is 93.7 Å². The summed E-state index contributed by atoms with van der Waals surface area (Å²) >= 11 is 0. The molecule has 1 aliphatic rings. The molecule has 1 atom stereocenters. The third-order valence-electron chi connectivity index (χ3n) is 4.98. The number of H-pyrrole nitrogens is 1. The monoisotopic (exact) mass is 375 g/mol. The minimum Gasteiger partial charge on any atom is -0.480 e. The molecule has 1 aliphatic heterocycles. The van der Waals surface area contributed by atoms with E-state index in [0.29, 0.717) is 48.9 Å². The number of hydrogen-bond donors (Lipinski definition) is 2. The second-order valence-electron chi connectivity index (χ2n) is 6.80. The number of carbonyl (C=O) groups excluding carboxylic acids is 2. The van der Waals surface area contributed by atoms with Gasteiger partial charge in [-0.15, -0.1) is 0 Å². The molecule has 3 rings (SSSR count). The fourth-order valence-corrected chi connectivity index (χ4v) is 3.64. The van der Waals surface area contributed by atoms with Crippen molar-refractivity contribution in [1.29, 1.82) is 0 Å². The van der Waals surface area contributed by atoms with Gasteiger partial charge < -0.3 is 19.9 Å². The number of aliphatic carboxylic acids is 1. The summed E-state index contributed by atoms with van der Waals surface area (Å²) in [7, 11) is 0. The van der Waals surface area contributed by atoms with Gasteiger partial charge in [0.2, 0.25) is 5.91 Å². The van der Waals surface area contributed by atoms with E-state index in [1.54, 1.807) is 17.0 Å². The Balaban J connectivity index is 1.73. The minimum atomic E-state index is -1.05. The number of likely N-dealkylation sites (tertiary alicyclic amines) is 1. The minimum absolute atomic E-state index is 0.212. The average Bonchev–Trinajstić information content (AvgIpc) is 2.91. The zero-order chi connectivity index (χ0) is 19.6. The summed E-state index contributed by atoms with van der Waals surface area (Å²) in [4.78, 5) is 41.6. The molecule has 7 nitrogen and oxygen atoms in total. The van der Waals surface area contributed by atoms with Crippen molar-refractivity contribution in [3.8, 4) is 0 Å². The lowest BCUT2D eigenvalue weighted by molar-refractivity contribution is -0.145. The number of benzene rings is 1. The third-order valence-corrected chi connectivity index (χ3v) is 4.98. The van der Waals surface area contributed by atoms with Crippen LogP contribution in [0.25, 0.3) is 10.9 Å². The van der Waals surface area contributed by atoms with Gasteiger partial charge in [-0.2, -0.15) is 0 Å². The maximum atomic E-state index is 13.9. The van der Waals surface area contributed by atoms with Crippen LogP contribution in [0.5, 0.6) is 0 Å². The molecule has 2 amide bonds. The standard InChI is InChI=1S/C19H22FN3O4/c1-12(24)23(11-18(25)26)13-4-3-8-22(9-7-13)19(27)17-10-14-15(20)5-2-6-16(14)21-17/h2,5-6,10,13,21H,3-4,7-9,11H2,1H3,(H,25,26). The quantitative estimate of drug-likeness (QED) is 0.857. The Kier molecular flexibility index (Phi) is 5.43. The number of carboxylic acid groups (broad SMARTS) is 1. The lowest BCUT2D eigenvalue weighted by atomic mass is 10.1. The molecule has 0 saturated carbocycles. The summed E-state index contributed by atoms with van der Waals surface area (Å²) in [6, 6.07) is 5.94. The van der Waals surface area contributed by atoms with Crippen LogP contribution in [0, 0.1) is 5.82 Å². The van der Waals surface area contributed by atoms with E-state index >= 15 is 0 Å². The molecule has 0 radical (unpaired) electrons. The van der Waals surface area contributed by atoms with Gasteiger partial charge >= 0.3 is 5.97 Å². The summed E-state index contributed by atoms with van der Waals surface area (Å²) in [5, 5.41) is 9.39. The molecule has 0 spiro atoms. The van der Waals surface area contributed by atoms with Gasteiger partial charge in [0, 0.05) is 37.0 Å². The molecule has 0 bridgehead atoms. The maximum Gasteiger partial charge on any atom is 0.323 e. The van der Waals surface area contributed by atoms with E-state index in [9.17, 15) is 18.8 Å². The summed E-state index contributed by atoms with van der Waals surface area (Å²) in [5.74, 6) is -1.95. The number of hydrogen-bond acceptors (Lipinski definition) is 3. The van der Waals surface area contributed by atoms with Crippen LogP contribution < -0.4 is 0 Å². The molecule has 1 saturated heterocycles. The Bertz CT molecular complexity index is 879. The van der Waals surface area contributed by atoms with Crippen molar-refractivity contribution in [2.45, 2.75) is 32.2 Å². The predicted octanol–water partition coefficient (Wildman–Crippen LogP) is 2.23. The van der Waals surface area contributed by atoms with Crippen molar-refractivity contribution in [3.05, 3.63) is 35.8 Å². The van der Waals surface area contributed by atoms with Crippen LogP contribution >= 0.6 is 0 Å². The number of fused-ring (bicyclic) bond motifs is 1. The van der Waals surface area contributed by atoms with Crippen LogP contribution in [0.4, 0.5) is 4.39 Å². The molecule has 144 valence electrons. The number of amides is 2. The SMILES string of the molecule is CC(=O)N(CC(=O)O)C1CCCN(C(=O)c2cc3c(F)cccc3[nH]2)CC1. The number of rotatable bonds is 4. The largest absolute Gasteiger partial charge is 0.480 e. The highest BCUT2D eigenvalue weighted by Gasteiger charge is 2.28. The average molecular weight is 375 g/mol. The lowest BCUT2D eigenvalue weighted by Crippen LogP contribution is -2.43. The summed E-state index contributed by atoms with van der Waals surface area (Å²) in [6.07, 6.45) is 1.81. The highest BCUT2D eigenvalue weighted by Crippen LogP contribution is 2.22. The van der Waals surface area contributed by atoms with Crippen LogP contribution in [-0.4, -0.2) is 63.4 Å². The molecule has 1 fully saturated rings. The van der Waals surface area contributed by atoms with Crippen LogP contribution in [0.2, 0.25) is 0 Å². The van der Waals surface area contributed by atoms with Gasteiger partial charge in [-0.05, 0) is 37.5 Å². The molecule has 2 aromatic rings. The number of aromatic amines is 1. The van der Waals surface area contributed by atoms with Crippen molar-refractivity contribution in [2.24, 2.45) is 0 Å². The van der Waals surface area contributed by atoms with Gasteiger partial charge in [-0.3, -0.25) is 14.4 Å².